The molecule has 0 aliphatic heterocycles. The first-order chi connectivity index (χ1) is 14.5. The number of aliphatic hydroxyl groups excluding tert-OH is 1. The zero-order valence-electron chi connectivity index (χ0n) is 16.2. The van der Waals surface area contributed by atoms with Gasteiger partial charge in [0, 0.05) is 18.0 Å². The number of halogens is 1. The number of nitrogens with zero attached hydrogens (tertiary/aromatic N) is 3. The highest BCUT2D eigenvalue weighted by atomic mass is 35.5. The van der Waals surface area contributed by atoms with E-state index < -0.39 is 11.9 Å². The van der Waals surface area contributed by atoms with Crippen LogP contribution in [0.1, 0.15) is 12.5 Å². The van der Waals surface area contributed by atoms with Crippen molar-refractivity contribution >= 4 is 41.3 Å². The monoisotopic (exact) mass is 430 g/mol. The van der Waals surface area contributed by atoms with Crippen LogP contribution in [-0.2, 0) is 19.1 Å². The molecule has 30 heavy (non-hydrogen) atoms. The Hall–Kier alpha value is -3.72. The highest BCUT2D eigenvalue weighted by Crippen LogP contribution is 2.17. The number of carbonyl (C=O) groups excluding carboxylic acids is 2. The third kappa shape index (κ3) is 6.42. The van der Waals surface area contributed by atoms with Gasteiger partial charge in [-0.15, -0.1) is 10.2 Å². The van der Waals surface area contributed by atoms with E-state index in [1.807, 2.05) is 0 Å². The Kier molecular flexibility index (Phi) is 8.52. The van der Waals surface area contributed by atoms with Gasteiger partial charge in [-0.2, -0.15) is 0 Å². The SMILES string of the molecule is CCOC(=O)C(/C=N/C(=C\Nc1ccc(Cl)nn1)C(=O)OC)=C(/O)c1ccccc1. The van der Waals surface area contributed by atoms with Gasteiger partial charge in [0.25, 0.3) is 0 Å². The predicted molar refractivity (Wildman–Crippen MR) is 112 cm³/mol. The third-order valence-electron chi connectivity index (χ3n) is 3.51. The van der Waals surface area contributed by atoms with Crippen LogP contribution in [0.5, 0.6) is 0 Å². The molecule has 0 aliphatic rings. The summed E-state index contributed by atoms with van der Waals surface area (Å²) in [5.41, 5.74) is -0.0498. The minimum Gasteiger partial charge on any atom is -0.506 e. The predicted octanol–water partition coefficient (Wildman–Crippen LogP) is 3.16. The highest BCUT2D eigenvalue weighted by Gasteiger charge is 2.17. The van der Waals surface area contributed by atoms with Gasteiger partial charge in [0.1, 0.15) is 11.3 Å². The van der Waals surface area contributed by atoms with E-state index >= 15 is 0 Å². The van der Waals surface area contributed by atoms with Crippen LogP contribution in [-0.4, -0.2) is 47.2 Å². The Morgan fingerprint density at radius 2 is 1.90 bits per heavy atom. The molecular weight excluding hydrogens is 412 g/mol. The molecule has 2 rings (SSSR count). The molecule has 1 aromatic carbocycles. The van der Waals surface area contributed by atoms with E-state index in [0.29, 0.717) is 11.4 Å². The minimum atomic E-state index is -0.802. The maximum absolute atomic E-state index is 12.3. The Bertz CT molecular complexity index is 972. The molecule has 0 saturated heterocycles. The van der Waals surface area contributed by atoms with Gasteiger partial charge in [0.05, 0.1) is 13.7 Å². The average Bonchev–Trinajstić information content (AvgIpc) is 2.77. The molecule has 0 unspecified atom stereocenters. The van der Waals surface area contributed by atoms with Crippen LogP contribution in [0, 0.1) is 0 Å². The molecule has 0 fully saturated rings. The van der Waals surface area contributed by atoms with Crippen molar-refractivity contribution < 1.29 is 24.2 Å². The fourth-order valence-electron chi connectivity index (χ4n) is 2.09. The summed E-state index contributed by atoms with van der Waals surface area (Å²) in [6, 6.07) is 11.4. The molecule has 2 aromatic rings. The number of nitrogens with one attached hydrogen (secondary N) is 1. The lowest BCUT2D eigenvalue weighted by Gasteiger charge is -2.07. The van der Waals surface area contributed by atoms with Crippen molar-refractivity contribution in [3.05, 3.63) is 70.7 Å². The summed E-state index contributed by atoms with van der Waals surface area (Å²) < 4.78 is 9.67. The Balaban J connectivity index is 2.38. The topological polar surface area (TPSA) is 123 Å². The zero-order chi connectivity index (χ0) is 21.9. The molecule has 0 radical (unpaired) electrons. The number of esters is 2. The van der Waals surface area contributed by atoms with Gasteiger partial charge < -0.3 is 19.9 Å². The lowest BCUT2D eigenvalue weighted by molar-refractivity contribution is -0.138. The quantitative estimate of drug-likeness (QED) is 0.283. The normalized spacial score (nSPS) is 12.3. The number of aliphatic imine (C=N–C) groups is 1. The van der Waals surface area contributed by atoms with Crippen LogP contribution >= 0.6 is 11.6 Å². The van der Waals surface area contributed by atoms with E-state index in [1.54, 1.807) is 37.3 Å². The van der Waals surface area contributed by atoms with Crippen LogP contribution in [0.25, 0.3) is 5.76 Å². The molecule has 0 bridgehead atoms. The summed E-state index contributed by atoms with van der Waals surface area (Å²) in [7, 11) is 1.18. The van der Waals surface area contributed by atoms with Gasteiger partial charge in [-0.05, 0) is 19.1 Å². The van der Waals surface area contributed by atoms with Gasteiger partial charge in [0.2, 0.25) is 0 Å². The first kappa shape index (κ1) is 22.6. The van der Waals surface area contributed by atoms with E-state index in [2.05, 4.69) is 20.5 Å². The summed E-state index contributed by atoms with van der Waals surface area (Å²) in [6.45, 7) is 1.72. The number of ether oxygens (including phenoxy) is 2. The lowest BCUT2D eigenvalue weighted by atomic mass is 10.1. The van der Waals surface area contributed by atoms with E-state index in [1.165, 1.54) is 25.4 Å². The van der Waals surface area contributed by atoms with E-state index in [9.17, 15) is 14.7 Å². The Morgan fingerprint density at radius 1 is 1.17 bits per heavy atom. The number of hydrogen-bond acceptors (Lipinski definition) is 9. The molecule has 0 atom stereocenters. The molecule has 0 spiro atoms. The van der Waals surface area contributed by atoms with Gasteiger partial charge in [-0.25, -0.2) is 14.6 Å². The number of rotatable bonds is 8. The smallest absolute Gasteiger partial charge is 0.358 e. The summed E-state index contributed by atoms with van der Waals surface area (Å²) in [5, 5.41) is 20.9. The number of benzene rings is 1. The highest BCUT2D eigenvalue weighted by molar-refractivity contribution is 6.29. The second-order valence-electron chi connectivity index (χ2n) is 5.51. The fraction of sp³-hybridized carbons (Fsp3) is 0.150. The van der Waals surface area contributed by atoms with E-state index in [-0.39, 0.29) is 28.8 Å². The van der Waals surface area contributed by atoms with E-state index in [0.717, 1.165) is 6.21 Å². The molecule has 1 heterocycles. The van der Waals surface area contributed by atoms with Crippen LogP contribution in [0.2, 0.25) is 5.15 Å². The van der Waals surface area contributed by atoms with Crippen molar-refractivity contribution in [3.8, 4) is 0 Å². The largest absolute Gasteiger partial charge is 0.506 e. The van der Waals surface area contributed by atoms with Gasteiger partial charge in [-0.1, -0.05) is 41.9 Å². The molecule has 10 heteroatoms. The van der Waals surface area contributed by atoms with Crippen LogP contribution < -0.4 is 5.32 Å². The number of hydrogen-bond donors (Lipinski definition) is 2. The van der Waals surface area contributed by atoms with E-state index in [4.69, 9.17) is 21.1 Å². The van der Waals surface area contributed by atoms with Gasteiger partial charge in [0.15, 0.2) is 16.7 Å². The van der Waals surface area contributed by atoms with Gasteiger partial charge >= 0.3 is 11.9 Å². The first-order valence-electron chi connectivity index (χ1n) is 8.70. The summed E-state index contributed by atoms with van der Waals surface area (Å²) >= 11 is 5.68. The lowest BCUT2D eigenvalue weighted by Crippen LogP contribution is -2.12. The van der Waals surface area contributed by atoms with Gasteiger partial charge in [-0.3, -0.25) is 0 Å². The maximum atomic E-state index is 12.3. The number of anilines is 1. The number of aliphatic hydroxyl groups is 1. The summed E-state index contributed by atoms with van der Waals surface area (Å²) in [6.07, 6.45) is 2.24. The number of aromatic nitrogens is 2. The molecule has 0 amide bonds. The summed E-state index contributed by atoms with van der Waals surface area (Å²) in [5.74, 6) is -1.64. The molecule has 2 N–H and O–H groups in total. The molecular formula is C20H19ClN4O5. The number of methoxy groups -OCH3 is 1. The van der Waals surface area contributed by atoms with Crippen LogP contribution in [0.15, 0.2) is 64.9 Å². The second kappa shape index (κ2) is 11.3. The minimum absolute atomic E-state index is 0.0920. The molecule has 0 aliphatic carbocycles. The zero-order valence-corrected chi connectivity index (χ0v) is 17.0. The first-order valence-corrected chi connectivity index (χ1v) is 9.08. The molecule has 9 nitrogen and oxygen atoms in total. The Labute approximate surface area is 177 Å². The van der Waals surface area contributed by atoms with Crippen molar-refractivity contribution in [2.45, 2.75) is 6.92 Å². The van der Waals surface area contributed by atoms with Crippen LogP contribution in [0.3, 0.4) is 0 Å². The second-order valence-corrected chi connectivity index (χ2v) is 5.90. The summed E-state index contributed by atoms with van der Waals surface area (Å²) in [4.78, 5) is 28.3. The van der Waals surface area contributed by atoms with Crippen LogP contribution in [0.4, 0.5) is 5.82 Å². The maximum Gasteiger partial charge on any atom is 0.358 e. The molecule has 0 saturated carbocycles. The van der Waals surface area contributed by atoms with Crippen molar-refractivity contribution in [1.82, 2.24) is 10.2 Å². The number of carbonyl (C=O) groups is 2. The fourth-order valence-corrected chi connectivity index (χ4v) is 2.19. The molecule has 156 valence electrons. The average molecular weight is 431 g/mol. The standard InChI is InChI=1S/C20H19ClN4O5/c1-3-30-19(27)14(18(26)13-7-5-4-6-8-13)11-22-15(20(28)29-2)12-23-17-10-9-16(21)24-25-17/h4-12,26H,3H2,1-2H3,(H,23,25)/b15-12-,18-14+,22-11+. The molecule has 1 aromatic heterocycles. The Morgan fingerprint density at radius 3 is 2.50 bits per heavy atom. The van der Waals surface area contributed by atoms with Crippen molar-refractivity contribution in [3.63, 3.8) is 0 Å². The van der Waals surface area contributed by atoms with Crippen molar-refractivity contribution in [2.24, 2.45) is 4.99 Å². The third-order valence-corrected chi connectivity index (χ3v) is 3.72. The van der Waals surface area contributed by atoms with Crippen molar-refractivity contribution in [1.29, 1.82) is 0 Å². The van der Waals surface area contributed by atoms with Crippen molar-refractivity contribution in [2.75, 3.05) is 19.0 Å².